The van der Waals surface area contributed by atoms with Gasteiger partial charge in [-0.15, -0.1) is 0 Å². The van der Waals surface area contributed by atoms with Crippen molar-refractivity contribution in [2.75, 3.05) is 18.0 Å². The second kappa shape index (κ2) is 10.6. The van der Waals surface area contributed by atoms with Gasteiger partial charge >= 0.3 is 7.12 Å². The van der Waals surface area contributed by atoms with Crippen LogP contribution < -0.4 is 15.5 Å². The van der Waals surface area contributed by atoms with Crippen LogP contribution in [0.1, 0.15) is 47.5 Å². The number of carbonyl (C=O) groups is 2. The van der Waals surface area contributed by atoms with Gasteiger partial charge in [-0.3, -0.25) is 9.59 Å². The molecule has 3 rings (SSSR count). The summed E-state index contributed by atoms with van der Waals surface area (Å²) in [6.45, 7) is 9.96. The number of nitrogens with zero attached hydrogens (tertiary/aromatic N) is 1. The molecule has 188 valence electrons. The third-order valence-electron chi connectivity index (χ3n) is 6.03. The Hall–Kier alpha value is -2.24. The minimum Gasteiger partial charge on any atom is -0.401 e. The van der Waals surface area contributed by atoms with Crippen LogP contribution in [0, 0.1) is 23.0 Å². The normalized spacial score (nSPS) is 23.6. The van der Waals surface area contributed by atoms with Crippen LogP contribution in [0.15, 0.2) is 18.2 Å². The molecule has 4 atom stereocenters. The summed E-state index contributed by atoms with van der Waals surface area (Å²) in [5, 5.41) is 15.7. The number of aliphatic hydroxyl groups excluding tert-OH is 1. The van der Waals surface area contributed by atoms with E-state index in [2.05, 4.69) is 10.6 Å². The van der Waals surface area contributed by atoms with Gasteiger partial charge in [-0.1, -0.05) is 34.6 Å². The summed E-state index contributed by atoms with van der Waals surface area (Å²) in [5.74, 6) is -2.57. The molecule has 2 aliphatic heterocycles. The van der Waals surface area contributed by atoms with Gasteiger partial charge in [0, 0.05) is 12.6 Å². The molecule has 8 nitrogen and oxygen atoms in total. The van der Waals surface area contributed by atoms with Gasteiger partial charge in [-0.25, -0.2) is 8.78 Å². The lowest BCUT2D eigenvalue weighted by Gasteiger charge is -2.41. The van der Waals surface area contributed by atoms with E-state index in [-0.39, 0.29) is 23.6 Å². The molecule has 0 spiro atoms. The molecule has 1 aromatic carbocycles. The van der Waals surface area contributed by atoms with Gasteiger partial charge in [0.2, 0.25) is 11.8 Å². The quantitative estimate of drug-likeness (QED) is 0.492. The molecule has 2 amide bonds. The second-order valence-electron chi connectivity index (χ2n) is 10.4. The van der Waals surface area contributed by atoms with Gasteiger partial charge in [0.05, 0.1) is 24.3 Å². The average molecular weight is 481 g/mol. The standard InChI is InChI=1S/C23H34BF2N3O5/c1-13(2)10-18(24-33-20(22(32)34-24)23(3,4)5)28-19(30)12-27-21(31)17-8-9-29(17)16-7-6-14(25)11-15(16)26/h6-7,11,13,17-18,20,22,32H,8-10,12H2,1-5H3,(H,27,31)(H,28,30). The lowest BCUT2D eigenvalue weighted by atomic mass is 9.74. The number of amides is 2. The van der Waals surface area contributed by atoms with Gasteiger partial charge in [-0.2, -0.15) is 0 Å². The van der Waals surface area contributed by atoms with E-state index in [9.17, 15) is 23.5 Å². The first-order valence-electron chi connectivity index (χ1n) is 11.6. The fraction of sp³-hybridized carbons (Fsp3) is 0.652. The van der Waals surface area contributed by atoms with Crippen LogP contribution in [0.25, 0.3) is 0 Å². The molecule has 2 heterocycles. The van der Waals surface area contributed by atoms with Crippen LogP contribution in [0.5, 0.6) is 0 Å². The number of rotatable bonds is 8. The Morgan fingerprint density at radius 2 is 1.97 bits per heavy atom. The average Bonchev–Trinajstić information content (AvgIpc) is 3.09. The molecule has 0 bridgehead atoms. The highest BCUT2D eigenvalue weighted by Gasteiger charge is 2.48. The Labute approximate surface area is 199 Å². The summed E-state index contributed by atoms with van der Waals surface area (Å²) in [4.78, 5) is 26.7. The predicted molar refractivity (Wildman–Crippen MR) is 124 cm³/mol. The Balaban J connectivity index is 1.55. The summed E-state index contributed by atoms with van der Waals surface area (Å²) in [7, 11) is -0.815. The highest BCUT2D eigenvalue weighted by Crippen LogP contribution is 2.32. The predicted octanol–water partition coefficient (Wildman–Crippen LogP) is 2.00. The van der Waals surface area contributed by atoms with E-state index in [1.165, 1.54) is 11.0 Å². The Morgan fingerprint density at radius 3 is 2.50 bits per heavy atom. The molecular formula is C23H34BF2N3O5. The second-order valence-corrected chi connectivity index (χ2v) is 10.4. The fourth-order valence-corrected chi connectivity index (χ4v) is 4.23. The molecule has 3 N–H and O–H groups in total. The summed E-state index contributed by atoms with van der Waals surface area (Å²) in [5.41, 5.74) is -0.204. The van der Waals surface area contributed by atoms with E-state index in [0.29, 0.717) is 19.4 Å². The minimum atomic E-state index is -1.10. The van der Waals surface area contributed by atoms with E-state index >= 15 is 0 Å². The summed E-state index contributed by atoms with van der Waals surface area (Å²) < 4.78 is 38.8. The van der Waals surface area contributed by atoms with Crippen molar-refractivity contribution in [3.05, 3.63) is 29.8 Å². The fourth-order valence-electron chi connectivity index (χ4n) is 4.23. The van der Waals surface area contributed by atoms with Gasteiger partial charge < -0.3 is 29.9 Å². The molecule has 0 saturated carbocycles. The largest absolute Gasteiger partial charge is 0.483 e. The van der Waals surface area contributed by atoms with E-state index in [0.717, 1.165) is 12.1 Å². The zero-order chi connectivity index (χ0) is 25.2. The number of halogens is 2. The maximum absolute atomic E-state index is 14.1. The number of hydrogen-bond donors (Lipinski definition) is 3. The molecule has 1 aromatic rings. The van der Waals surface area contributed by atoms with E-state index in [1.54, 1.807) is 0 Å². The first-order valence-corrected chi connectivity index (χ1v) is 11.6. The van der Waals surface area contributed by atoms with Crippen LogP contribution in [0.2, 0.25) is 0 Å². The zero-order valence-electron chi connectivity index (χ0n) is 20.3. The zero-order valence-corrected chi connectivity index (χ0v) is 20.3. The smallest absolute Gasteiger partial charge is 0.401 e. The van der Waals surface area contributed by atoms with Crippen molar-refractivity contribution in [3.8, 4) is 0 Å². The molecule has 2 saturated heterocycles. The van der Waals surface area contributed by atoms with Gasteiger partial charge in [0.15, 0.2) is 6.29 Å². The monoisotopic (exact) mass is 481 g/mol. The van der Waals surface area contributed by atoms with Crippen molar-refractivity contribution in [2.45, 2.75) is 71.8 Å². The lowest BCUT2D eigenvalue weighted by molar-refractivity contribution is -0.127. The molecule has 0 aliphatic carbocycles. The molecule has 4 unspecified atom stereocenters. The molecule has 11 heteroatoms. The van der Waals surface area contributed by atoms with Crippen molar-refractivity contribution < 1.29 is 32.8 Å². The summed E-state index contributed by atoms with van der Waals surface area (Å²) in [6, 6.07) is 2.58. The first kappa shape index (κ1) is 26.4. The van der Waals surface area contributed by atoms with Crippen LogP contribution >= 0.6 is 0 Å². The van der Waals surface area contributed by atoms with E-state index in [4.69, 9.17) is 9.31 Å². The van der Waals surface area contributed by atoms with E-state index in [1.807, 2.05) is 34.6 Å². The Bertz CT molecular complexity index is 898. The summed E-state index contributed by atoms with van der Waals surface area (Å²) in [6.07, 6.45) is -0.600. The molecule has 2 fully saturated rings. The van der Waals surface area contributed by atoms with Crippen LogP contribution in [0.3, 0.4) is 0 Å². The highest BCUT2D eigenvalue weighted by atomic mass is 19.1. The number of aliphatic hydroxyl groups is 1. The number of carbonyl (C=O) groups excluding carboxylic acids is 2. The minimum absolute atomic E-state index is 0.150. The number of anilines is 1. The van der Waals surface area contributed by atoms with Crippen molar-refractivity contribution in [3.63, 3.8) is 0 Å². The number of nitrogens with one attached hydrogen (secondary N) is 2. The van der Waals surface area contributed by atoms with E-state index < -0.39 is 54.9 Å². The SMILES string of the molecule is CC(C)CC(NC(=O)CNC(=O)C1CCN1c1ccc(F)cc1F)B1OC(O)C(C(C)(C)C)O1. The molecule has 0 radical (unpaired) electrons. The van der Waals surface area contributed by atoms with Gasteiger partial charge in [-0.05, 0) is 36.3 Å². The third kappa shape index (κ3) is 6.25. The molecule has 2 aliphatic rings. The number of benzene rings is 1. The van der Waals surface area contributed by atoms with Crippen LogP contribution in [-0.4, -0.2) is 61.5 Å². The summed E-state index contributed by atoms with van der Waals surface area (Å²) >= 11 is 0. The molecule has 0 aromatic heterocycles. The molecular weight excluding hydrogens is 447 g/mol. The Kier molecular flexibility index (Phi) is 8.20. The highest BCUT2D eigenvalue weighted by molar-refractivity contribution is 6.47. The van der Waals surface area contributed by atoms with Crippen LogP contribution in [-0.2, 0) is 18.9 Å². The van der Waals surface area contributed by atoms with Crippen molar-refractivity contribution in [2.24, 2.45) is 11.3 Å². The van der Waals surface area contributed by atoms with Gasteiger partial charge in [0.1, 0.15) is 17.7 Å². The number of hydrogen-bond acceptors (Lipinski definition) is 6. The van der Waals surface area contributed by atoms with Crippen molar-refractivity contribution >= 4 is 24.6 Å². The van der Waals surface area contributed by atoms with Crippen molar-refractivity contribution in [1.82, 2.24) is 10.6 Å². The Morgan fingerprint density at radius 1 is 1.26 bits per heavy atom. The maximum Gasteiger partial charge on any atom is 0.483 e. The first-order chi connectivity index (χ1) is 15.9. The molecule has 34 heavy (non-hydrogen) atoms. The topological polar surface area (TPSA) is 100 Å². The van der Waals surface area contributed by atoms with Gasteiger partial charge in [0.25, 0.3) is 0 Å². The maximum atomic E-state index is 14.1. The lowest BCUT2D eigenvalue weighted by Crippen LogP contribution is -2.58. The third-order valence-corrected chi connectivity index (χ3v) is 6.03. The van der Waals surface area contributed by atoms with Crippen LogP contribution in [0.4, 0.5) is 14.5 Å². The van der Waals surface area contributed by atoms with Crippen molar-refractivity contribution in [1.29, 1.82) is 0 Å².